The van der Waals surface area contributed by atoms with Crippen LogP contribution in [0, 0.1) is 5.92 Å². The molecule has 0 fully saturated rings. The molecule has 0 aromatic heterocycles. The maximum Gasteiger partial charge on any atom is 0.251 e. The molecule has 0 aliphatic carbocycles. The number of rotatable bonds is 9. The maximum absolute atomic E-state index is 12.3. The Bertz CT molecular complexity index is 471. The molecule has 0 saturated carbocycles. The van der Waals surface area contributed by atoms with Gasteiger partial charge in [-0.15, -0.1) is 0 Å². The second-order valence-electron chi connectivity index (χ2n) is 5.87. The first kappa shape index (κ1) is 18.3. The molecule has 0 heterocycles. The normalized spacial score (nSPS) is 12.1. The van der Waals surface area contributed by atoms with Crippen LogP contribution in [0.5, 0.6) is 11.5 Å². The van der Waals surface area contributed by atoms with Crippen LogP contribution < -0.4 is 14.8 Å². The van der Waals surface area contributed by atoms with Gasteiger partial charge in [0, 0.05) is 11.6 Å². The summed E-state index contributed by atoms with van der Waals surface area (Å²) >= 11 is 0. The van der Waals surface area contributed by atoms with Gasteiger partial charge in [-0.3, -0.25) is 4.79 Å². The lowest BCUT2D eigenvalue weighted by atomic mass is 10.0. The summed E-state index contributed by atoms with van der Waals surface area (Å²) in [4.78, 5) is 12.3. The fraction of sp³-hybridized carbons (Fsp3) is 0.611. The van der Waals surface area contributed by atoms with E-state index in [-0.39, 0.29) is 11.9 Å². The van der Waals surface area contributed by atoms with Crippen LogP contribution in [0.4, 0.5) is 0 Å². The standard InChI is InChI=1S/C18H29NO3/c1-6-21-16-11-10-15(12-17(16)22-7-2)18(20)19-14(5)9-8-13(3)4/h10-14H,6-9H2,1-5H3,(H,19,20). The monoisotopic (exact) mass is 307 g/mol. The minimum Gasteiger partial charge on any atom is -0.490 e. The van der Waals surface area contributed by atoms with Crippen LogP contribution in [0.15, 0.2) is 18.2 Å². The summed E-state index contributed by atoms with van der Waals surface area (Å²) in [5.74, 6) is 1.87. The fourth-order valence-corrected chi connectivity index (χ4v) is 2.15. The molecule has 22 heavy (non-hydrogen) atoms. The molecule has 0 aliphatic rings. The Morgan fingerprint density at radius 3 is 2.27 bits per heavy atom. The maximum atomic E-state index is 12.3. The van der Waals surface area contributed by atoms with E-state index in [4.69, 9.17) is 9.47 Å². The van der Waals surface area contributed by atoms with Gasteiger partial charge < -0.3 is 14.8 Å². The Hall–Kier alpha value is -1.71. The van der Waals surface area contributed by atoms with Crippen molar-refractivity contribution in [1.82, 2.24) is 5.32 Å². The fourth-order valence-electron chi connectivity index (χ4n) is 2.15. The topological polar surface area (TPSA) is 47.6 Å². The lowest BCUT2D eigenvalue weighted by Crippen LogP contribution is -2.32. The molecule has 1 rings (SSSR count). The second kappa shape index (κ2) is 9.34. The third-order valence-corrected chi connectivity index (χ3v) is 3.36. The van der Waals surface area contributed by atoms with Gasteiger partial charge in [0.1, 0.15) is 0 Å². The van der Waals surface area contributed by atoms with E-state index >= 15 is 0 Å². The average molecular weight is 307 g/mol. The van der Waals surface area contributed by atoms with E-state index in [2.05, 4.69) is 19.2 Å². The van der Waals surface area contributed by atoms with Crippen LogP contribution in [-0.4, -0.2) is 25.2 Å². The number of amides is 1. The molecule has 1 aromatic carbocycles. The molecule has 1 atom stereocenters. The highest BCUT2D eigenvalue weighted by molar-refractivity contribution is 5.95. The van der Waals surface area contributed by atoms with Crippen molar-refractivity contribution in [3.63, 3.8) is 0 Å². The predicted octanol–water partition coefficient (Wildman–Crippen LogP) is 4.04. The predicted molar refractivity (Wildman–Crippen MR) is 89.8 cm³/mol. The van der Waals surface area contributed by atoms with Crippen LogP contribution in [0.2, 0.25) is 0 Å². The minimum atomic E-state index is -0.0692. The summed E-state index contributed by atoms with van der Waals surface area (Å²) < 4.78 is 11.1. The highest BCUT2D eigenvalue weighted by atomic mass is 16.5. The summed E-state index contributed by atoms with van der Waals surface area (Å²) in [7, 11) is 0. The molecule has 124 valence electrons. The van der Waals surface area contributed by atoms with Gasteiger partial charge in [0.25, 0.3) is 5.91 Å². The molecular formula is C18H29NO3. The van der Waals surface area contributed by atoms with Gasteiger partial charge >= 0.3 is 0 Å². The van der Waals surface area contributed by atoms with Crippen LogP contribution in [0.3, 0.4) is 0 Å². The van der Waals surface area contributed by atoms with E-state index in [9.17, 15) is 4.79 Å². The van der Waals surface area contributed by atoms with E-state index in [1.165, 1.54) is 0 Å². The van der Waals surface area contributed by atoms with Gasteiger partial charge in [-0.2, -0.15) is 0 Å². The number of ether oxygens (including phenoxy) is 2. The Kier molecular flexibility index (Phi) is 7.78. The van der Waals surface area contributed by atoms with E-state index in [1.54, 1.807) is 18.2 Å². The van der Waals surface area contributed by atoms with Crippen LogP contribution in [0.25, 0.3) is 0 Å². The number of hydrogen-bond donors (Lipinski definition) is 1. The molecule has 1 amide bonds. The third kappa shape index (κ3) is 5.96. The first-order chi connectivity index (χ1) is 10.5. The van der Waals surface area contributed by atoms with Gasteiger partial charge in [0.2, 0.25) is 0 Å². The van der Waals surface area contributed by atoms with Crippen molar-refractivity contribution in [3.05, 3.63) is 23.8 Å². The quantitative estimate of drug-likeness (QED) is 0.749. The highest BCUT2D eigenvalue weighted by Crippen LogP contribution is 2.28. The number of nitrogens with one attached hydrogen (secondary N) is 1. The van der Waals surface area contributed by atoms with Crippen molar-refractivity contribution in [2.75, 3.05) is 13.2 Å². The lowest BCUT2D eigenvalue weighted by Gasteiger charge is -2.16. The van der Waals surface area contributed by atoms with Crippen molar-refractivity contribution in [2.24, 2.45) is 5.92 Å². The highest BCUT2D eigenvalue weighted by Gasteiger charge is 2.13. The van der Waals surface area contributed by atoms with E-state index in [0.717, 1.165) is 12.8 Å². The molecule has 0 bridgehead atoms. The molecule has 0 aliphatic heterocycles. The molecule has 4 heteroatoms. The van der Waals surface area contributed by atoms with Crippen molar-refractivity contribution < 1.29 is 14.3 Å². The molecule has 1 aromatic rings. The van der Waals surface area contributed by atoms with Gasteiger partial charge in [0.05, 0.1) is 13.2 Å². The number of carbonyl (C=O) groups is 1. The van der Waals surface area contributed by atoms with E-state index < -0.39 is 0 Å². The summed E-state index contributed by atoms with van der Waals surface area (Å²) in [6, 6.07) is 5.48. The van der Waals surface area contributed by atoms with Crippen molar-refractivity contribution in [2.45, 2.75) is 53.5 Å². The molecule has 0 saturated heterocycles. The summed E-state index contributed by atoms with van der Waals surface area (Å²) in [6.45, 7) is 11.4. The van der Waals surface area contributed by atoms with Crippen molar-refractivity contribution in [1.29, 1.82) is 0 Å². The Labute approximate surface area is 134 Å². The number of carbonyl (C=O) groups excluding carboxylic acids is 1. The zero-order valence-electron chi connectivity index (χ0n) is 14.4. The summed E-state index contributed by atoms with van der Waals surface area (Å²) in [5, 5.41) is 3.04. The summed E-state index contributed by atoms with van der Waals surface area (Å²) in [5.41, 5.74) is 0.600. The zero-order valence-corrected chi connectivity index (χ0v) is 14.4. The molecular weight excluding hydrogens is 278 g/mol. The lowest BCUT2D eigenvalue weighted by molar-refractivity contribution is 0.0936. The molecule has 1 N–H and O–H groups in total. The van der Waals surface area contributed by atoms with Gasteiger partial charge in [0.15, 0.2) is 11.5 Å². The average Bonchev–Trinajstić information content (AvgIpc) is 2.47. The second-order valence-corrected chi connectivity index (χ2v) is 5.87. The Morgan fingerprint density at radius 1 is 1.05 bits per heavy atom. The third-order valence-electron chi connectivity index (χ3n) is 3.36. The molecule has 0 spiro atoms. The summed E-state index contributed by atoms with van der Waals surface area (Å²) in [6.07, 6.45) is 2.09. The smallest absolute Gasteiger partial charge is 0.251 e. The molecule has 4 nitrogen and oxygen atoms in total. The molecule has 1 unspecified atom stereocenters. The largest absolute Gasteiger partial charge is 0.490 e. The van der Waals surface area contributed by atoms with E-state index in [0.29, 0.717) is 36.2 Å². The first-order valence-electron chi connectivity index (χ1n) is 8.18. The Balaban J connectivity index is 2.74. The number of benzene rings is 1. The first-order valence-corrected chi connectivity index (χ1v) is 8.18. The Morgan fingerprint density at radius 2 is 1.68 bits per heavy atom. The van der Waals surface area contributed by atoms with Crippen molar-refractivity contribution >= 4 is 5.91 Å². The van der Waals surface area contributed by atoms with Crippen molar-refractivity contribution in [3.8, 4) is 11.5 Å². The van der Waals surface area contributed by atoms with Gasteiger partial charge in [-0.25, -0.2) is 0 Å². The van der Waals surface area contributed by atoms with Gasteiger partial charge in [-0.05, 0) is 57.7 Å². The van der Waals surface area contributed by atoms with E-state index in [1.807, 2.05) is 20.8 Å². The van der Waals surface area contributed by atoms with Crippen LogP contribution >= 0.6 is 0 Å². The SMILES string of the molecule is CCOc1ccc(C(=O)NC(C)CCC(C)C)cc1OCC. The number of hydrogen-bond acceptors (Lipinski definition) is 3. The molecule has 0 radical (unpaired) electrons. The van der Waals surface area contributed by atoms with Gasteiger partial charge in [-0.1, -0.05) is 13.8 Å². The minimum absolute atomic E-state index is 0.0692. The zero-order chi connectivity index (χ0) is 16.5. The van der Waals surface area contributed by atoms with Crippen LogP contribution in [-0.2, 0) is 0 Å². The van der Waals surface area contributed by atoms with Crippen LogP contribution in [0.1, 0.15) is 57.8 Å².